The molecule has 0 heterocycles. The summed E-state index contributed by atoms with van der Waals surface area (Å²) in [7, 11) is 0. The number of phenolic OH excluding ortho intramolecular Hbond substituents is 4. The van der Waals surface area contributed by atoms with Crippen LogP contribution < -0.4 is 9.47 Å². The number of esters is 4. The van der Waals surface area contributed by atoms with Gasteiger partial charge in [-0.25, -0.2) is 0 Å². The molecule has 0 saturated carbocycles. The second-order valence-corrected chi connectivity index (χ2v) is 30.5. The maximum absolute atomic E-state index is 14.7. The molecule has 4 rings (SSSR count). The van der Waals surface area contributed by atoms with Crippen molar-refractivity contribution in [3.05, 3.63) is 104 Å². The molecule has 0 saturated heterocycles. The van der Waals surface area contributed by atoms with Gasteiger partial charge in [-0.3, -0.25) is 19.2 Å². The molecule has 0 fully saturated rings. The smallest absolute Gasteiger partial charge is 0.314 e. The average molecular weight is 1180 g/mol. The van der Waals surface area contributed by atoms with Gasteiger partial charge in [-0.15, -0.1) is 0 Å². The zero-order valence-electron chi connectivity index (χ0n) is 56.1. The van der Waals surface area contributed by atoms with E-state index >= 15 is 0 Å². The third-order valence-electron chi connectivity index (χ3n) is 15.6. The highest BCUT2D eigenvalue weighted by molar-refractivity contribution is 5.77. The molecule has 85 heavy (non-hydrogen) atoms. The highest BCUT2D eigenvalue weighted by Crippen LogP contribution is 2.45. The molecule has 0 radical (unpaired) electrons. The second kappa shape index (κ2) is 29.1. The van der Waals surface area contributed by atoms with Gasteiger partial charge >= 0.3 is 23.9 Å². The normalized spacial score (nSPS) is 13.4. The molecule has 472 valence electrons. The first-order valence-corrected chi connectivity index (χ1v) is 31.2. The van der Waals surface area contributed by atoms with E-state index in [0.29, 0.717) is 60.8 Å². The number of aryl methyl sites for hydroxylation is 2. The minimum atomic E-state index is -1.38. The van der Waals surface area contributed by atoms with Crippen molar-refractivity contribution in [2.75, 3.05) is 13.2 Å². The monoisotopic (exact) mass is 1180 g/mol. The van der Waals surface area contributed by atoms with E-state index in [4.69, 9.17) is 18.9 Å². The number of phenols is 4. The number of ether oxygens (including phenoxy) is 4. The minimum absolute atomic E-state index is 0.0254. The third-order valence-corrected chi connectivity index (χ3v) is 15.6. The van der Waals surface area contributed by atoms with Crippen molar-refractivity contribution in [1.82, 2.24) is 0 Å². The number of hydrogen-bond donors (Lipinski definition) is 4. The molecule has 4 N–H and O–H groups in total. The van der Waals surface area contributed by atoms with Crippen molar-refractivity contribution in [3.63, 3.8) is 0 Å². The first-order chi connectivity index (χ1) is 39.0. The number of aromatic hydroxyl groups is 4. The predicted molar refractivity (Wildman–Crippen MR) is 341 cm³/mol. The van der Waals surface area contributed by atoms with Crippen molar-refractivity contribution in [1.29, 1.82) is 0 Å². The van der Waals surface area contributed by atoms with Gasteiger partial charge in [0.2, 0.25) is 0 Å². The lowest BCUT2D eigenvalue weighted by atomic mass is 9.74. The summed E-state index contributed by atoms with van der Waals surface area (Å²) in [6.07, 6.45) is 3.10. The maximum atomic E-state index is 14.7. The van der Waals surface area contributed by atoms with E-state index < -0.39 is 62.8 Å². The van der Waals surface area contributed by atoms with Crippen LogP contribution in [0.4, 0.5) is 0 Å². The topological polar surface area (TPSA) is 186 Å². The number of benzene rings is 4. The SMILES string of the molecule is CC(C)Cc1cc(CCC(=O)OCC(COC(=O)CCc2cc(CC(C)C)c(O)c(CC(C)C)c2)(CC(C)C(=O)Oc2cc(C(C)(C)C)c(O)c(C(C)(C)C)c2)CC(C)C(=O)Oc2cc(C(C)(C)C)c(O)c(C(C)(C)C)c2)cc(CC(C)C)c1O. The molecular formula is C73H108O12. The van der Waals surface area contributed by atoms with Crippen LogP contribution in [0, 0.1) is 40.9 Å². The molecule has 0 spiro atoms. The van der Waals surface area contributed by atoms with E-state index in [-0.39, 0.29) is 97.1 Å². The van der Waals surface area contributed by atoms with Crippen LogP contribution in [-0.2, 0) is 88.8 Å². The zero-order valence-corrected chi connectivity index (χ0v) is 56.1. The van der Waals surface area contributed by atoms with Crippen molar-refractivity contribution < 1.29 is 58.6 Å². The van der Waals surface area contributed by atoms with Crippen LogP contribution >= 0.6 is 0 Å². The third kappa shape index (κ3) is 21.1. The molecule has 0 bridgehead atoms. The van der Waals surface area contributed by atoms with Gasteiger partial charge in [0, 0.05) is 40.5 Å². The Morgan fingerprint density at radius 2 is 0.635 bits per heavy atom. The molecule has 2 atom stereocenters. The molecule has 0 amide bonds. The van der Waals surface area contributed by atoms with Gasteiger partial charge in [0.15, 0.2) is 0 Å². The molecule has 0 aliphatic carbocycles. The molecule has 12 heteroatoms. The van der Waals surface area contributed by atoms with Gasteiger partial charge in [-0.05, 0) is 154 Å². The van der Waals surface area contributed by atoms with Gasteiger partial charge in [-0.2, -0.15) is 0 Å². The summed E-state index contributed by atoms with van der Waals surface area (Å²) >= 11 is 0. The summed E-state index contributed by atoms with van der Waals surface area (Å²) < 4.78 is 25.0. The van der Waals surface area contributed by atoms with Gasteiger partial charge in [0.25, 0.3) is 0 Å². The fourth-order valence-electron chi connectivity index (χ4n) is 11.3. The van der Waals surface area contributed by atoms with Crippen LogP contribution in [0.25, 0.3) is 0 Å². The largest absolute Gasteiger partial charge is 0.507 e. The molecule has 12 nitrogen and oxygen atoms in total. The van der Waals surface area contributed by atoms with Crippen molar-refractivity contribution in [2.24, 2.45) is 40.9 Å². The Hall–Kier alpha value is -6.04. The van der Waals surface area contributed by atoms with Crippen LogP contribution in [-0.4, -0.2) is 57.5 Å². The van der Waals surface area contributed by atoms with Crippen LogP contribution in [0.3, 0.4) is 0 Å². The molecule has 4 aromatic carbocycles. The standard InChI is InChI=1S/C73H108O12/c1-43(2)27-51-31-49(32-52(63(51)76)28-44(3)4)23-25-61(74)82-41-73(39-47(9)67(80)84-55-35-57(69(11,12)13)65(78)58(36-55)70(14,15)16,40-48(10)68(81)85-56-37-59(71(17,18)19)66(79)60(38-56)72(20,21)22)42-83-62(75)26-24-50-33-53(29-45(5)6)64(77)54(34-50)30-46(7)8/h31-38,43-48,76-79H,23-30,39-42H2,1-22H3. The quantitative estimate of drug-likeness (QED) is 0.0345. The summed E-state index contributed by atoms with van der Waals surface area (Å²) in [6, 6.07) is 14.5. The Bertz CT molecular complexity index is 2610. The van der Waals surface area contributed by atoms with Crippen LogP contribution in [0.5, 0.6) is 34.5 Å². The highest BCUT2D eigenvalue weighted by Gasteiger charge is 2.42. The molecule has 0 aromatic heterocycles. The number of hydrogen-bond acceptors (Lipinski definition) is 12. The Balaban J connectivity index is 1.85. The van der Waals surface area contributed by atoms with Crippen molar-refractivity contribution in [2.45, 2.75) is 238 Å². The van der Waals surface area contributed by atoms with Crippen molar-refractivity contribution >= 4 is 23.9 Å². The summed E-state index contributed by atoms with van der Waals surface area (Å²) in [5.74, 6) is -1.77. The molecule has 4 aromatic rings. The molecule has 2 unspecified atom stereocenters. The average Bonchev–Trinajstić information content (AvgIpc) is 3.49. The van der Waals surface area contributed by atoms with Crippen LogP contribution in [0.15, 0.2) is 48.5 Å². The van der Waals surface area contributed by atoms with Crippen LogP contribution in [0.2, 0.25) is 0 Å². The number of carbonyl (C=O) groups excluding carboxylic acids is 4. The number of rotatable bonds is 26. The summed E-state index contributed by atoms with van der Waals surface area (Å²) in [4.78, 5) is 57.9. The maximum Gasteiger partial charge on any atom is 0.314 e. The summed E-state index contributed by atoms with van der Waals surface area (Å²) in [6.45, 7) is 43.1. The van der Waals surface area contributed by atoms with E-state index in [1.54, 1.807) is 38.1 Å². The fourth-order valence-corrected chi connectivity index (χ4v) is 11.3. The van der Waals surface area contributed by atoms with E-state index in [9.17, 15) is 39.6 Å². The molecule has 0 aliphatic rings. The lowest BCUT2D eigenvalue weighted by Gasteiger charge is -2.36. The van der Waals surface area contributed by atoms with Crippen LogP contribution in [0.1, 0.15) is 234 Å². The summed E-state index contributed by atoms with van der Waals surface area (Å²) in [5.41, 5.74) is 4.03. The Kier molecular flexibility index (Phi) is 24.5. The zero-order chi connectivity index (χ0) is 64.5. The Morgan fingerprint density at radius 3 is 0.859 bits per heavy atom. The fraction of sp³-hybridized carbons (Fsp3) is 0.616. The Morgan fingerprint density at radius 1 is 0.388 bits per heavy atom. The van der Waals surface area contributed by atoms with Gasteiger partial charge in [0.05, 0.1) is 11.8 Å². The summed E-state index contributed by atoms with van der Waals surface area (Å²) in [5, 5.41) is 45.6. The van der Waals surface area contributed by atoms with Crippen molar-refractivity contribution in [3.8, 4) is 34.5 Å². The first-order valence-electron chi connectivity index (χ1n) is 31.2. The van der Waals surface area contributed by atoms with E-state index in [1.165, 1.54) is 0 Å². The lowest BCUT2D eigenvalue weighted by Crippen LogP contribution is -2.41. The predicted octanol–water partition coefficient (Wildman–Crippen LogP) is 16.4. The second-order valence-electron chi connectivity index (χ2n) is 30.5. The van der Waals surface area contributed by atoms with E-state index in [2.05, 4.69) is 55.4 Å². The first kappa shape index (κ1) is 71.4. The number of carbonyl (C=O) groups is 4. The minimum Gasteiger partial charge on any atom is -0.507 e. The molecular weight excluding hydrogens is 1070 g/mol. The Labute approximate surface area is 511 Å². The van der Waals surface area contributed by atoms with Gasteiger partial charge < -0.3 is 39.4 Å². The molecule has 0 aliphatic heterocycles. The van der Waals surface area contributed by atoms with Gasteiger partial charge in [-0.1, -0.05) is 177 Å². The highest BCUT2D eigenvalue weighted by atomic mass is 16.6. The van der Waals surface area contributed by atoms with E-state index in [1.807, 2.05) is 107 Å². The lowest BCUT2D eigenvalue weighted by molar-refractivity contribution is -0.158. The van der Waals surface area contributed by atoms with Gasteiger partial charge in [0.1, 0.15) is 47.7 Å². The van der Waals surface area contributed by atoms with E-state index in [0.717, 1.165) is 33.4 Å².